The van der Waals surface area contributed by atoms with E-state index in [0.29, 0.717) is 6.54 Å². The third kappa shape index (κ3) is 4.99. The summed E-state index contributed by atoms with van der Waals surface area (Å²) in [5.41, 5.74) is 3.24. The number of benzene rings is 1. The lowest BCUT2D eigenvalue weighted by atomic mass is 9.90. The van der Waals surface area contributed by atoms with E-state index >= 15 is 0 Å². The minimum absolute atomic E-state index is 0.0590. The van der Waals surface area contributed by atoms with E-state index in [1.54, 1.807) is 0 Å². The highest BCUT2D eigenvalue weighted by Gasteiger charge is 2.24. The molecule has 0 bridgehead atoms. The van der Waals surface area contributed by atoms with Crippen molar-refractivity contribution in [3.63, 3.8) is 0 Å². The molecule has 0 amide bonds. The van der Waals surface area contributed by atoms with Crippen LogP contribution in [0.2, 0.25) is 0 Å². The lowest BCUT2D eigenvalue weighted by molar-refractivity contribution is 0.298. The van der Waals surface area contributed by atoms with Crippen molar-refractivity contribution in [2.75, 3.05) is 26.2 Å². The molecule has 6 nitrogen and oxygen atoms in total. The molecular weight excluding hydrogens is 374 g/mol. The molecule has 6 heteroatoms. The van der Waals surface area contributed by atoms with Gasteiger partial charge in [0, 0.05) is 22.9 Å². The molecule has 2 heterocycles. The average Bonchev–Trinajstić information content (AvgIpc) is 3.10. The zero-order chi connectivity index (χ0) is 21.7. The van der Waals surface area contributed by atoms with Gasteiger partial charge in [0.05, 0.1) is 11.4 Å². The summed E-state index contributed by atoms with van der Waals surface area (Å²) in [6.07, 6.45) is 1.07. The van der Waals surface area contributed by atoms with Crippen molar-refractivity contribution < 1.29 is 0 Å². The van der Waals surface area contributed by atoms with Crippen molar-refractivity contribution in [2.24, 2.45) is 0 Å². The zero-order valence-corrected chi connectivity index (χ0v) is 19.0. The summed E-state index contributed by atoms with van der Waals surface area (Å²) in [5.74, 6) is 0. The number of aromatic amines is 1. The predicted octanol–water partition coefficient (Wildman–Crippen LogP) is 3.83. The lowest BCUT2D eigenvalue weighted by Gasteiger charge is -2.17. The van der Waals surface area contributed by atoms with Gasteiger partial charge in [-0.2, -0.15) is 5.10 Å². The van der Waals surface area contributed by atoms with Gasteiger partial charge in [0.15, 0.2) is 0 Å². The van der Waals surface area contributed by atoms with Crippen LogP contribution in [0.1, 0.15) is 52.3 Å². The number of rotatable bonds is 9. The number of H-pyrrole nitrogens is 1. The van der Waals surface area contributed by atoms with Crippen LogP contribution in [-0.2, 0) is 12.0 Å². The molecule has 3 rings (SSSR count). The fraction of sp³-hybridized carbons (Fsp3) is 0.500. The number of nitrogens with one attached hydrogen (secondary N) is 2. The molecule has 0 radical (unpaired) electrons. The SMILES string of the molecule is CCN(CC)CCCNCc1cc2c(C(C)(C)C)nn(-c3ccccc3)c2[nH]c1=O. The van der Waals surface area contributed by atoms with E-state index in [2.05, 4.69) is 49.8 Å². The van der Waals surface area contributed by atoms with Crippen LogP contribution in [0.4, 0.5) is 0 Å². The quantitative estimate of drug-likeness (QED) is 0.527. The Kier molecular flexibility index (Phi) is 7.10. The van der Waals surface area contributed by atoms with Crippen LogP contribution in [0.3, 0.4) is 0 Å². The molecule has 2 N–H and O–H groups in total. The van der Waals surface area contributed by atoms with Crippen molar-refractivity contribution in [3.05, 3.63) is 58.0 Å². The van der Waals surface area contributed by atoms with Crippen molar-refractivity contribution in [2.45, 2.75) is 53.0 Å². The molecule has 0 atom stereocenters. The van der Waals surface area contributed by atoms with Crippen LogP contribution >= 0.6 is 0 Å². The normalized spacial score (nSPS) is 12.2. The van der Waals surface area contributed by atoms with Gasteiger partial charge in [0.25, 0.3) is 5.56 Å². The van der Waals surface area contributed by atoms with E-state index in [0.717, 1.165) is 60.6 Å². The Morgan fingerprint density at radius 1 is 1.13 bits per heavy atom. The number of fused-ring (bicyclic) bond motifs is 1. The van der Waals surface area contributed by atoms with E-state index in [1.165, 1.54) is 0 Å². The summed E-state index contributed by atoms with van der Waals surface area (Å²) in [6.45, 7) is 15.5. The third-order valence-corrected chi connectivity index (χ3v) is 5.51. The van der Waals surface area contributed by atoms with E-state index in [-0.39, 0.29) is 11.0 Å². The summed E-state index contributed by atoms with van der Waals surface area (Å²) in [7, 11) is 0. The predicted molar refractivity (Wildman–Crippen MR) is 125 cm³/mol. The molecule has 0 saturated carbocycles. The van der Waals surface area contributed by atoms with Gasteiger partial charge < -0.3 is 15.2 Å². The topological polar surface area (TPSA) is 66.0 Å². The third-order valence-electron chi connectivity index (χ3n) is 5.51. The largest absolute Gasteiger partial charge is 0.312 e. The fourth-order valence-electron chi connectivity index (χ4n) is 3.75. The molecule has 0 aliphatic carbocycles. The molecule has 0 unspecified atom stereocenters. The van der Waals surface area contributed by atoms with Crippen LogP contribution in [0.15, 0.2) is 41.2 Å². The summed E-state index contributed by atoms with van der Waals surface area (Å²) in [6, 6.07) is 12.0. The Morgan fingerprint density at radius 2 is 1.83 bits per heavy atom. The van der Waals surface area contributed by atoms with Gasteiger partial charge in [-0.25, -0.2) is 4.68 Å². The Balaban J connectivity index is 1.86. The molecule has 0 spiro atoms. The summed E-state index contributed by atoms with van der Waals surface area (Å²) >= 11 is 0. The van der Waals surface area contributed by atoms with Crippen LogP contribution in [0.25, 0.3) is 16.7 Å². The van der Waals surface area contributed by atoms with Gasteiger partial charge in [0.2, 0.25) is 0 Å². The van der Waals surface area contributed by atoms with Gasteiger partial charge in [-0.05, 0) is 50.8 Å². The number of para-hydroxylation sites is 1. The Labute approximate surface area is 179 Å². The van der Waals surface area contributed by atoms with Crippen molar-refractivity contribution in [3.8, 4) is 5.69 Å². The molecule has 162 valence electrons. The minimum Gasteiger partial charge on any atom is -0.312 e. The molecular formula is C24H35N5O. The monoisotopic (exact) mass is 409 g/mol. The van der Waals surface area contributed by atoms with E-state index in [9.17, 15) is 4.79 Å². The molecule has 0 saturated heterocycles. The maximum atomic E-state index is 12.8. The highest BCUT2D eigenvalue weighted by molar-refractivity contribution is 5.81. The highest BCUT2D eigenvalue weighted by atomic mass is 16.1. The first-order valence-electron chi connectivity index (χ1n) is 11.0. The van der Waals surface area contributed by atoms with Gasteiger partial charge in [0.1, 0.15) is 5.65 Å². The first-order valence-corrected chi connectivity index (χ1v) is 11.0. The van der Waals surface area contributed by atoms with Gasteiger partial charge in [-0.1, -0.05) is 52.8 Å². The Bertz CT molecular complexity index is 1010. The molecule has 30 heavy (non-hydrogen) atoms. The van der Waals surface area contributed by atoms with Crippen LogP contribution < -0.4 is 10.9 Å². The van der Waals surface area contributed by atoms with Crippen molar-refractivity contribution >= 4 is 11.0 Å². The summed E-state index contributed by atoms with van der Waals surface area (Å²) < 4.78 is 1.85. The maximum absolute atomic E-state index is 12.8. The lowest BCUT2D eigenvalue weighted by Crippen LogP contribution is -2.28. The second kappa shape index (κ2) is 9.58. The first-order chi connectivity index (χ1) is 14.3. The van der Waals surface area contributed by atoms with Crippen molar-refractivity contribution in [1.82, 2.24) is 25.0 Å². The molecule has 0 aliphatic rings. The summed E-state index contributed by atoms with van der Waals surface area (Å²) in [5, 5.41) is 9.32. The Hall–Kier alpha value is -2.44. The van der Waals surface area contributed by atoms with Crippen LogP contribution in [-0.4, -0.2) is 45.8 Å². The smallest absolute Gasteiger partial charge is 0.254 e. The fourth-order valence-corrected chi connectivity index (χ4v) is 3.75. The first kappa shape index (κ1) is 22.2. The van der Waals surface area contributed by atoms with E-state index in [4.69, 9.17) is 5.10 Å². The second-order valence-electron chi connectivity index (χ2n) is 8.79. The maximum Gasteiger partial charge on any atom is 0.254 e. The number of aromatic nitrogens is 3. The molecule has 0 aliphatic heterocycles. The van der Waals surface area contributed by atoms with Gasteiger partial charge >= 0.3 is 0 Å². The molecule has 2 aromatic heterocycles. The summed E-state index contributed by atoms with van der Waals surface area (Å²) in [4.78, 5) is 18.3. The van der Waals surface area contributed by atoms with Gasteiger partial charge in [-0.15, -0.1) is 0 Å². The zero-order valence-electron chi connectivity index (χ0n) is 19.0. The van der Waals surface area contributed by atoms with Gasteiger partial charge in [-0.3, -0.25) is 4.79 Å². The highest BCUT2D eigenvalue weighted by Crippen LogP contribution is 2.29. The van der Waals surface area contributed by atoms with Crippen LogP contribution in [0, 0.1) is 0 Å². The molecule has 3 aromatic rings. The molecule has 0 fully saturated rings. The second-order valence-corrected chi connectivity index (χ2v) is 8.79. The number of hydrogen-bond acceptors (Lipinski definition) is 4. The minimum atomic E-state index is -0.134. The molecule has 1 aromatic carbocycles. The van der Waals surface area contributed by atoms with E-state index in [1.807, 2.05) is 41.1 Å². The number of hydrogen-bond donors (Lipinski definition) is 2. The standard InChI is InChI=1S/C24H35N5O/c1-6-28(7-2)15-11-14-25-17-18-16-20-21(24(3,4)5)27-29(22(20)26-23(18)30)19-12-9-8-10-13-19/h8-10,12-13,16,25H,6-7,11,14-15,17H2,1-5H3,(H,26,30). The number of nitrogens with zero attached hydrogens (tertiary/aromatic N) is 3. The Morgan fingerprint density at radius 3 is 2.47 bits per heavy atom. The van der Waals surface area contributed by atoms with Crippen LogP contribution in [0.5, 0.6) is 0 Å². The number of pyridine rings is 1. The van der Waals surface area contributed by atoms with Crippen molar-refractivity contribution in [1.29, 1.82) is 0 Å². The average molecular weight is 410 g/mol. The van der Waals surface area contributed by atoms with E-state index < -0.39 is 0 Å².